The number of rotatable bonds is 3. The molecule has 0 aliphatic heterocycles. The molecule has 23 heavy (non-hydrogen) atoms. The van der Waals surface area contributed by atoms with Crippen molar-refractivity contribution < 1.29 is 4.57 Å². The van der Waals surface area contributed by atoms with Crippen molar-refractivity contribution in [2.75, 3.05) is 0 Å². The van der Waals surface area contributed by atoms with Gasteiger partial charge < -0.3 is 14.5 Å². The second-order valence-corrected chi connectivity index (χ2v) is 5.93. The Bertz CT molecular complexity index is 925. The zero-order chi connectivity index (χ0) is 15.8. The van der Waals surface area contributed by atoms with Crippen LogP contribution in [0.4, 0.5) is 0 Å². The van der Waals surface area contributed by atoms with Crippen LogP contribution in [0, 0.1) is 13.8 Å². The lowest BCUT2D eigenvalue weighted by Crippen LogP contribution is -2.31. The molecule has 4 heteroatoms. The first kappa shape index (κ1) is 13.8. The van der Waals surface area contributed by atoms with E-state index in [0.717, 1.165) is 23.5 Å². The number of aryl methyl sites for hydroxylation is 2. The molecule has 2 heterocycles. The Kier molecular flexibility index (Phi) is 3.23. The van der Waals surface area contributed by atoms with Crippen molar-refractivity contribution in [1.29, 1.82) is 0 Å². The highest BCUT2D eigenvalue weighted by molar-refractivity contribution is 5.77. The second-order valence-electron chi connectivity index (χ2n) is 5.93. The van der Waals surface area contributed by atoms with Crippen LogP contribution in [0.5, 0.6) is 0 Å². The minimum Gasteiger partial charge on any atom is -0.358 e. The maximum atomic E-state index is 4.64. The summed E-state index contributed by atoms with van der Waals surface area (Å²) < 4.78 is 4.10. The van der Waals surface area contributed by atoms with E-state index in [-0.39, 0.29) is 0 Å². The number of fused-ring (bicyclic) bond motifs is 1. The fraction of sp³-hybridized carbons (Fsp3) is 0.158. The lowest BCUT2D eigenvalue weighted by molar-refractivity contribution is -0.687. The fourth-order valence-corrected chi connectivity index (χ4v) is 2.72. The monoisotopic (exact) mass is 302 g/mol. The number of benzene rings is 2. The lowest BCUT2D eigenvalue weighted by atomic mass is 10.1. The van der Waals surface area contributed by atoms with Gasteiger partial charge in [-0.05, 0) is 48.9 Å². The zero-order valence-corrected chi connectivity index (χ0v) is 13.3. The van der Waals surface area contributed by atoms with E-state index in [0.29, 0.717) is 0 Å². The van der Waals surface area contributed by atoms with Crippen LogP contribution in [-0.4, -0.2) is 9.55 Å². The lowest BCUT2D eigenvalue weighted by Gasteiger charge is -2.03. The van der Waals surface area contributed by atoms with E-state index in [1.165, 1.54) is 16.7 Å². The average molecular weight is 302 g/mol. The third-order valence-corrected chi connectivity index (χ3v) is 4.16. The number of nitrogens with zero attached hydrogens (tertiary/aromatic N) is 4. The third-order valence-electron chi connectivity index (χ3n) is 4.16. The van der Waals surface area contributed by atoms with Crippen molar-refractivity contribution in [2.45, 2.75) is 20.4 Å². The fourth-order valence-electron chi connectivity index (χ4n) is 2.72. The van der Waals surface area contributed by atoms with Gasteiger partial charge >= 0.3 is 0 Å². The molecular formula is C19H18N4. The summed E-state index contributed by atoms with van der Waals surface area (Å²) in [4.78, 5) is 9.29. The number of imidazole rings is 2. The van der Waals surface area contributed by atoms with Crippen LogP contribution in [0.25, 0.3) is 17.0 Å². The summed E-state index contributed by atoms with van der Waals surface area (Å²) in [6, 6.07) is 14.6. The van der Waals surface area contributed by atoms with E-state index in [1.807, 2.05) is 29.4 Å². The van der Waals surface area contributed by atoms with Gasteiger partial charge in [-0.25, -0.2) is 0 Å². The molecular weight excluding hydrogens is 284 g/mol. The first-order valence-electron chi connectivity index (χ1n) is 7.72. The zero-order valence-electron chi connectivity index (χ0n) is 13.3. The maximum absolute atomic E-state index is 4.64. The quantitative estimate of drug-likeness (QED) is 0.546. The molecule has 4 nitrogen and oxygen atoms in total. The molecule has 0 spiro atoms. The molecule has 0 bridgehead atoms. The molecule has 0 N–H and O–H groups in total. The molecule has 0 saturated heterocycles. The van der Waals surface area contributed by atoms with E-state index in [2.05, 4.69) is 64.8 Å². The average Bonchev–Trinajstić information content (AvgIpc) is 3.15. The van der Waals surface area contributed by atoms with Crippen molar-refractivity contribution in [3.63, 3.8) is 0 Å². The Labute approximate surface area is 135 Å². The van der Waals surface area contributed by atoms with E-state index < -0.39 is 0 Å². The van der Waals surface area contributed by atoms with Gasteiger partial charge in [0.2, 0.25) is 0 Å². The van der Waals surface area contributed by atoms with E-state index in [4.69, 9.17) is 0 Å². The van der Waals surface area contributed by atoms with Gasteiger partial charge in [-0.3, -0.25) is 4.57 Å². The van der Waals surface area contributed by atoms with Gasteiger partial charge in [0, 0.05) is 17.0 Å². The SMILES string of the molecule is Cc1cc2nc(-n3cc[n+](Cc4ccccc4)c3)[n-]c2cc1C. The van der Waals surface area contributed by atoms with Crippen LogP contribution in [0.3, 0.4) is 0 Å². The normalized spacial score (nSPS) is 11.2. The summed E-state index contributed by atoms with van der Waals surface area (Å²) in [5, 5.41) is 0. The molecule has 0 aliphatic rings. The number of hydrogen-bond acceptors (Lipinski definition) is 1. The van der Waals surface area contributed by atoms with Crippen molar-refractivity contribution >= 4 is 11.0 Å². The first-order chi connectivity index (χ1) is 11.2. The van der Waals surface area contributed by atoms with Gasteiger partial charge in [0.15, 0.2) is 0 Å². The van der Waals surface area contributed by atoms with Crippen LogP contribution in [0.15, 0.2) is 61.2 Å². The van der Waals surface area contributed by atoms with Crippen LogP contribution >= 0.6 is 0 Å². The minimum atomic E-state index is 0.719. The summed E-state index contributed by atoms with van der Waals surface area (Å²) in [6.45, 7) is 5.05. The summed E-state index contributed by atoms with van der Waals surface area (Å²) in [5.74, 6) is 0.719. The van der Waals surface area contributed by atoms with Crippen molar-refractivity contribution in [3.8, 4) is 5.95 Å². The highest BCUT2D eigenvalue weighted by Gasteiger charge is 2.02. The summed E-state index contributed by atoms with van der Waals surface area (Å²) in [5.41, 5.74) is 5.67. The maximum Gasteiger partial charge on any atom is 0.112 e. The number of aromatic nitrogens is 4. The predicted octanol–water partition coefficient (Wildman–Crippen LogP) is 2.94. The molecule has 0 aliphatic carbocycles. The molecule has 0 fully saturated rings. The molecule has 2 aromatic heterocycles. The minimum absolute atomic E-state index is 0.719. The van der Waals surface area contributed by atoms with Gasteiger partial charge in [-0.2, -0.15) is 0 Å². The Morgan fingerprint density at radius 2 is 1.87 bits per heavy atom. The first-order valence-corrected chi connectivity index (χ1v) is 7.72. The highest BCUT2D eigenvalue weighted by Crippen LogP contribution is 2.17. The Balaban J connectivity index is 1.66. The van der Waals surface area contributed by atoms with Gasteiger partial charge in [0.25, 0.3) is 0 Å². The van der Waals surface area contributed by atoms with Crippen LogP contribution in [0.2, 0.25) is 0 Å². The molecule has 4 rings (SSSR count). The molecule has 0 saturated carbocycles. The van der Waals surface area contributed by atoms with Gasteiger partial charge in [-0.15, -0.1) is 0 Å². The topological polar surface area (TPSA) is 35.8 Å². The summed E-state index contributed by atoms with van der Waals surface area (Å²) in [6.07, 6.45) is 6.07. The molecule has 4 aromatic rings. The van der Waals surface area contributed by atoms with E-state index in [1.54, 1.807) is 0 Å². The molecule has 0 amide bonds. The van der Waals surface area contributed by atoms with E-state index in [9.17, 15) is 0 Å². The molecule has 0 unspecified atom stereocenters. The smallest absolute Gasteiger partial charge is 0.112 e. The Morgan fingerprint density at radius 1 is 1.09 bits per heavy atom. The Hall–Kier alpha value is -2.88. The number of hydrogen-bond donors (Lipinski definition) is 0. The van der Waals surface area contributed by atoms with Gasteiger partial charge in [0.05, 0.1) is 6.20 Å². The van der Waals surface area contributed by atoms with Crippen LogP contribution in [-0.2, 0) is 6.54 Å². The predicted molar refractivity (Wildman–Crippen MR) is 89.6 cm³/mol. The van der Waals surface area contributed by atoms with Crippen LogP contribution in [0.1, 0.15) is 16.7 Å². The summed E-state index contributed by atoms with van der Waals surface area (Å²) in [7, 11) is 0. The molecule has 2 aromatic carbocycles. The highest BCUT2D eigenvalue weighted by atomic mass is 15.2. The van der Waals surface area contributed by atoms with Crippen LogP contribution < -0.4 is 9.55 Å². The van der Waals surface area contributed by atoms with Gasteiger partial charge in [-0.1, -0.05) is 30.3 Å². The third kappa shape index (κ3) is 2.63. The summed E-state index contributed by atoms with van der Waals surface area (Å²) >= 11 is 0. The molecule has 114 valence electrons. The largest absolute Gasteiger partial charge is 0.358 e. The van der Waals surface area contributed by atoms with E-state index >= 15 is 0 Å². The second kappa shape index (κ2) is 5.39. The van der Waals surface area contributed by atoms with Crippen molar-refractivity contribution in [2.24, 2.45) is 0 Å². The van der Waals surface area contributed by atoms with Gasteiger partial charge in [0.1, 0.15) is 12.9 Å². The molecule has 0 radical (unpaired) electrons. The van der Waals surface area contributed by atoms with Crippen molar-refractivity contribution in [3.05, 3.63) is 77.9 Å². The standard InChI is InChI=1S/C19H18N4/c1-14-10-17-18(11-15(14)2)21-19(20-17)23-9-8-22(13-23)12-16-6-4-3-5-7-16/h3-11,13H,12H2,1-2H3. The van der Waals surface area contributed by atoms with Crippen molar-refractivity contribution in [1.82, 2.24) is 14.5 Å². The Morgan fingerprint density at radius 3 is 2.70 bits per heavy atom. The molecule has 0 atom stereocenters.